The maximum atomic E-state index is 11.2. The zero-order valence-corrected chi connectivity index (χ0v) is 26.9. The number of phenolic OH excluding ortho intramolecular Hbond substituents is 2. The highest BCUT2D eigenvalue weighted by molar-refractivity contribution is 5.96. The topological polar surface area (TPSA) is 65.2 Å². The van der Waals surface area contributed by atoms with Gasteiger partial charge in [-0.2, -0.15) is 0 Å². The molecule has 0 aliphatic carbocycles. The normalized spacial score (nSPS) is 13.0. The average Bonchev–Trinajstić information content (AvgIpc) is 2.90. The molecule has 0 spiro atoms. The lowest BCUT2D eigenvalue weighted by molar-refractivity contribution is 0.444. The lowest BCUT2D eigenvalue weighted by atomic mass is 9.82. The Hall–Kier alpha value is -3.92. The van der Waals surface area contributed by atoms with E-state index in [9.17, 15) is 10.2 Å². The number of rotatable bonds is 6. The van der Waals surface area contributed by atoms with Gasteiger partial charge < -0.3 is 10.2 Å². The van der Waals surface area contributed by atoms with Crippen LogP contribution in [-0.4, -0.2) is 22.6 Å². The van der Waals surface area contributed by atoms with Crippen molar-refractivity contribution < 1.29 is 10.2 Å². The minimum Gasteiger partial charge on any atom is -0.507 e. The smallest absolute Gasteiger partial charge is 0.128 e. The number of nitrogens with zero attached hydrogens (tertiary/aromatic N) is 2. The van der Waals surface area contributed by atoms with Crippen molar-refractivity contribution in [1.29, 1.82) is 0 Å². The molecule has 0 fully saturated rings. The van der Waals surface area contributed by atoms with Gasteiger partial charge in [0.05, 0.1) is 11.4 Å². The Bertz CT molecular complexity index is 1540. The molecule has 0 heterocycles. The van der Waals surface area contributed by atoms with E-state index in [-0.39, 0.29) is 22.3 Å². The van der Waals surface area contributed by atoms with Gasteiger partial charge in [0.2, 0.25) is 0 Å². The SMILES string of the molecule is CC(C)c1cc(C=Nc2cc3ccccc3cc2N=Cc2cc(C(C)C)cc(C(C)(C)C)c2O)c(O)c(C(C)(C)C)c1. The van der Waals surface area contributed by atoms with E-state index in [4.69, 9.17) is 9.98 Å². The molecule has 4 heteroatoms. The summed E-state index contributed by atoms with van der Waals surface area (Å²) >= 11 is 0. The Morgan fingerprint density at radius 2 is 0.929 bits per heavy atom. The van der Waals surface area contributed by atoms with Crippen LogP contribution in [0, 0.1) is 0 Å². The number of aliphatic imine (C=N–C) groups is 2. The van der Waals surface area contributed by atoms with Crippen molar-refractivity contribution >= 4 is 34.6 Å². The van der Waals surface area contributed by atoms with Gasteiger partial charge in [0, 0.05) is 34.7 Å². The third-order valence-corrected chi connectivity index (χ3v) is 7.80. The Morgan fingerprint density at radius 3 is 1.24 bits per heavy atom. The van der Waals surface area contributed by atoms with Gasteiger partial charge in [-0.1, -0.05) is 106 Å². The van der Waals surface area contributed by atoms with Gasteiger partial charge in [-0.25, -0.2) is 0 Å². The summed E-state index contributed by atoms with van der Waals surface area (Å²) < 4.78 is 0. The fraction of sp³-hybridized carbons (Fsp3) is 0.368. The van der Waals surface area contributed by atoms with E-state index in [1.165, 1.54) is 0 Å². The number of hydrogen-bond donors (Lipinski definition) is 2. The summed E-state index contributed by atoms with van der Waals surface area (Å²) in [7, 11) is 0. The lowest BCUT2D eigenvalue weighted by Gasteiger charge is -2.23. The van der Waals surface area contributed by atoms with Gasteiger partial charge >= 0.3 is 0 Å². The van der Waals surface area contributed by atoms with E-state index >= 15 is 0 Å². The predicted molar refractivity (Wildman–Crippen MR) is 180 cm³/mol. The summed E-state index contributed by atoms with van der Waals surface area (Å²) in [5.74, 6) is 1.14. The van der Waals surface area contributed by atoms with Crippen molar-refractivity contribution in [2.24, 2.45) is 9.98 Å². The summed E-state index contributed by atoms with van der Waals surface area (Å²) in [4.78, 5) is 9.77. The monoisotopic (exact) mass is 562 g/mol. The highest BCUT2D eigenvalue weighted by Gasteiger charge is 2.23. The molecule has 42 heavy (non-hydrogen) atoms. The van der Waals surface area contributed by atoms with E-state index < -0.39 is 0 Å². The van der Waals surface area contributed by atoms with Crippen molar-refractivity contribution in [3.05, 3.63) is 94.0 Å². The van der Waals surface area contributed by atoms with Crippen molar-refractivity contribution in [2.75, 3.05) is 0 Å². The van der Waals surface area contributed by atoms with E-state index in [1.807, 2.05) is 36.4 Å². The highest BCUT2D eigenvalue weighted by atomic mass is 16.3. The van der Waals surface area contributed by atoms with Crippen LogP contribution in [0.15, 0.2) is 70.6 Å². The largest absolute Gasteiger partial charge is 0.507 e. The molecule has 4 aromatic rings. The van der Waals surface area contributed by atoms with Gasteiger partial charge in [0.15, 0.2) is 0 Å². The molecule has 0 saturated carbocycles. The quantitative estimate of drug-likeness (QED) is 0.230. The van der Waals surface area contributed by atoms with Crippen LogP contribution in [0.3, 0.4) is 0 Å². The molecule has 2 N–H and O–H groups in total. The predicted octanol–water partition coefficient (Wildman–Crippen LogP) is 10.6. The first kappa shape index (κ1) is 31.0. The first-order valence-corrected chi connectivity index (χ1v) is 14.9. The zero-order valence-electron chi connectivity index (χ0n) is 26.9. The minimum absolute atomic E-state index is 0.214. The van der Waals surface area contributed by atoms with Crippen molar-refractivity contribution in [3.63, 3.8) is 0 Å². The molecule has 0 radical (unpaired) electrons. The minimum atomic E-state index is -0.214. The third-order valence-electron chi connectivity index (χ3n) is 7.80. The van der Waals surface area contributed by atoms with E-state index in [1.54, 1.807) is 12.4 Å². The van der Waals surface area contributed by atoms with Crippen LogP contribution >= 0.6 is 0 Å². The zero-order chi connectivity index (χ0) is 31.0. The Labute approximate surface area is 251 Å². The van der Waals surface area contributed by atoms with Gasteiger partial charge in [-0.05, 0) is 68.8 Å². The van der Waals surface area contributed by atoms with Crippen molar-refractivity contribution in [1.82, 2.24) is 0 Å². The second kappa shape index (κ2) is 11.8. The number of fused-ring (bicyclic) bond motifs is 1. The van der Waals surface area contributed by atoms with E-state index in [0.717, 1.165) is 33.0 Å². The summed E-state index contributed by atoms with van der Waals surface area (Å²) in [6.07, 6.45) is 3.49. The maximum absolute atomic E-state index is 11.2. The van der Waals surface area contributed by atoms with E-state index in [2.05, 4.69) is 93.5 Å². The molecule has 0 amide bonds. The first-order valence-electron chi connectivity index (χ1n) is 14.9. The number of aromatic hydroxyl groups is 2. The number of benzene rings is 4. The van der Waals surface area contributed by atoms with Crippen LogP contribution in [0.5, 0.6) is 11.5 Å². The summed E-state index contributed by atoms with van der Waals surface area (Å²) in [6.45, 7) is 21.3. The Balaban J connectivity index is 1.87. The van der Waals surface area contributed by atoms with Crippen LogP contribution in [0.25, 0.3) is 10.8 Å². The molecule has 4 aromatic carbocycles. The van der Waals surface area contributed by atoms with Gasteiger partial charge in [-0.3, -0.25) is 9.98 Å². The first-order chi connectivity index (χ1) is 19.6. The summed E-state index contributed by atoms with van der Waals surface area (Å²) in [5, 5.41) is 24.6. The molecule has 4 rings (SSSR count). The highest BCUT2D eigenvalue weighted by Crippen LogP contribution is 2.39. The van der Waals surface area contributed by atoms with Crippen LogP contribution in [0.4, 0.5) is 11.4 Å². The van der Waals surface area contributed by atoms with Crippen LogP contribution < -0.4 is 0 Å². The number of phenols is 2. The molecule has 0 aliphatic heterocycles. The summed E-state index contributed by atoms with van der Waals surface area (Å²) in [6, 6.07) is 20.4. The standard InChI is InChI=1S/C38H46N2O2/c1-23(2)27-15-29(35(41)31(17-27)37(5,6)7)21-39-33-19-25-13-11-12-14-26(25)20-34(33)40-22-30-16-28(24(3)4)18-32(36(30)42)38(8,9)10/h11-24,41-42H,1-10H3. The maximum Gasteiger partial charge on any atom is 0.128 e. The van der Waals surface area contributed by atoms with Crippen molar-refractivity contribution in [2.45, 2.75) is 91.9 Å². The number of hydrogen-bond acceptors (Lipinski definition) is 4. The Morgan fingerprint density at radius 1 is 0.571 bits per heavy atom. The molecular formula is C38H46N2O2. The molecule has 0 aromatic heterocycles. The van der Waals surface area contributed by atoms with Gasteiger partial charge in [0.1, 0.15) is 11.5 Å². The molecule has 0 atom stereocenters. The molecule has 0 saturated heterocycles. The molecule has 0 bridgehead atoms. The van der Waals surface area contributed by atoms with Gasteiger partial charge in [0.25, 0.3) is 0 Å². The van der Waals surface area contributed by atoms with Crippen LogP contribution in [0.2, 0.25) is 0 Å². The fourth-order valence-corrected chi connectivity index (χ4v) is 5.07. The second-order valence-electron chi connectivity index (χ2n) is 14.0. The molecule has 4 nitrogen and oxygen atoms in total. The van der Waals surface area contributed by atoms with Gasteiger partial charge in [-0.15, -0.1) is 0 Å². The van der Waals surface area contributed by atoms with E-state index in [0.29, 0.717) is 34.3 Å². The molecule has 0 unspecified atom stereocenters. The van der Waals surface area contributed by atoms with Crippen LogP contribution in [-0.2, 0) is 10.8 Å². The molecular weight excluding hydrogens is 516 g/mol. The fourth-order valence-electron chi connectivity index (χ4n) is 5.07. The second-order valence-corrected chi connectivity index (χ2v) is 14.0. The van der Waals surface area contributed by atoms with Crippen molar-refractivity contribution in [3.8, 4) is 11.5 Å². The summed E-state index contributed by atoms with van der Waals surface area (Å²) in [5.41, 5.74) is 6.45. The molecule has 0 aliphatic rings. The lowest BCUT2D eigenvalue weighted by Crippen LogP contribution is -2.13. The molecule has 220 valence electrons. The Kier molecular flexibility index (Phi) is 8.68. The van der Waals surface area contributed by atoms with Crippen LogP contribution in [0.1, 0.15) is 114 Å². The average molecular weight is 563 g/mol. The third kappa shape index (κ3) is 6.75.